The number of carbonyl (C=O) groups excluding carboxylic acids is 2. The van der Waals surface area contributed by atoms with E-state index in [4.69, 9.17) is 0 Å². The molecule has 2 heterocycles. The molecule has 25 heavy (non-hydrogen) atoms. The van der Waals surface area contributed by atoms with Crippen LogP contribution < -0.4 is 16.0 Å². The van der Waals surface area contributed by atoms with Crippen LogP contribution in [0.5, 0.6) is 0 Å². The van der Waals surface area contributed by atoms with Crippen LogP contribution in [0.1, 0.15) is 45.4 Å². The largest absolute Gasteiger partial charge is 0.348 e. The van der Waals surface area contributed by atoms with E-state index in [2.05, 4.69) is 22.9 Å². The maximum absolute atomic E-state index is 12.4. The van der Waals surface area contributed by atoms with E-state index < -0.39 is 0 Å². The Labute approximate surface area is 151 Å². The van der Waals surface area contributed by atoms with Crippen molar-refractivity contribution >= 4 is 23.2 Å². The highest BCUT2D eigenvalue weighted by Crippen LogP contribution is 2.11. The highest BCUT2D eigenvalue weighted by atomic mass is 32.1. The van der Waals surface area contributed by atoms with Crippen molar-refractivity contribution in [2.75, 3.05) is 6.54 Å². The Kier molecular flexibility index (Phi) is 5.83. The molecule has 3 N–H and O–H groups in total. The summed E-state index contributed by atoms with van der Waals surface area (Å²) < 4.78 is 0. The Morgan fingerprint density at radius 2 is 2.00 bits per heavy atom. The van der Waals surface area contributed by atoms with Crippen molar-refractivity contribution in [3.8, 4) is 0 Å². The summed E-state index contributed by atoms with van der Waals surface area (Å²) in [5.74, 6) is -0.120. The fourth-order valence-electron chi connectivity index (χ4n) is 2.94. The van der Waals surface area contributed by atoms with E-state index in [1.165, 1.54) is 11.3 Å². The molecule has 1 aromatic heterocycles. The van der Waals surface area contributed by atoms with Crippen LogP contribution in [0.3, 0.4) is 0 Å². The summed E-state index contributed by atoms with van der Waals surface area (Å²) in [5.41, 5.74) is 1.61. The summed E-state index contributed by atoms with van der Waals surface area (Å²) >= 11 is 1.42. The first-order valence-electron chi connectivity index (χ1n) is 8.58. The zero-order chi connectivity index (χ0) is 17.6. The average molecular weight is 357 g/mol. The van der Waals surface area contributed by atoms with Crippen LogP contribution in [0.15, 0.2) is 41.8 Å². The second-order valence-electron chi connectivity index (χ2n) is 6.32. The van der Waals surface area contributed by atoms with Crippen molar-refractivity contribution in [3.63, 3.8) is 0 Å². The van der Waals surface area contributed by atoms with E-state index in [1.807, 2.05) is 35.7 Å². The highest BCUT2D eigenvalue weighted by Gasteiger charge is 2.22. The van der Waals surface area contributed by atoms with Crippen molar-refractivity contribution in [2.45, 2.75) is 38.4 Å². The third-order valence-electron chi connectivity index (χ3n) is 4.49. The van der Waals surface area contributed by atoms with Crippen LogP contribution in [0.2, 0.25) is 0 Å². The zero-order valence-electron chi connectivity index (χ0n) is 14.2. The molecule has 2 unspecified atom stereocenters. The standard InChI is InChI=1S/C19H23N3O2S/c1-13-16(4-2-10-20-13)22-18(23)15-8-6-14(7-9-15)12-21-19(24)17-5-3-11-25-17/h3,5-9,11,13,16,20H,2,4,10,12H2,1H3,(H,21,24)(H,22,23). The predicted molar refractivity (Wildman–Crippen MR) is 99.9 cm³/mol. The van der Waals surface area contributed by atoms with Gasteiger partial charge in [-0.15, -0.1) is 11.3 Å². The molecular formula is C19H23N3O2S. The summed E-state index contributed by atoms with van der Waals surface area (Å²) in [5, 5.41) is 11.3. The van der Waals surface area contributed by atoms with Crippen LogP contribution in [0.25, 0.3) is 0 Å². The van der Waals surface area contributed by atoms with Gasteiger partial charge in [-0.05, 0) is 55.5 Å². The SMILES string of the molecule is CC1NCCCC1NC(=O)c1ccc(CNC(=O)c2cccs2)cc1. The lowest BCUT2D eigenvalue weighted by Gasteiger charge is -2.30. The lowest BCUT2D eigenvalue weighted by molar-refractivity contribution is 0.0917. The molecule has 2 atom stereocenters. The summed E-state index contributed by atoms with van der Waals surface area (Å²) in [6.45, 7) is 3.56. The number of benzene rings is 1. The van der Waals surface area contributed by atoms with Gasteiger partial charge < -0.3 is 16.0 Å². The molecule has 0 radical (unpaired) electrons. The van der Waals surface area contributed by atoms with E-state index >= 15 is 0 Å². The Morgan fingerprint density at radius 1 is 1.20 bits per heavy atom. The highest BCUT2D eigenvalue weighted by molar-refractivity contribution is 7.12. The lowest BCUT2D eigenvalue weighted by Crippen LogP contribution is -2.51. The van der Waals surface area contributed by atoms with Crippen LogP contribution in [0.4, 0.5) is 0 Å². The Bertz CT molecular complexity index is 713. The fourth-order valence-corrected chi connectivity index (χ4v) is 3.58. The van der Waals surface area contributed by atoms with Crippen molar-refractivity contribution in [1.29, 1.82) is 0 Å². The summed E-state index contributed by atoms with van der Waals surface area (Å²) in [7, 11) is 0. The number of nitrogens with one attached hydrogen (secondary N) is 3. The lowest BCUT2D eigenvalue weighted by atomic mass is 9.99. The van der Waals surface area contributed by atoms with Gasteiger partial charge in [0.15, 0.2) is 0 Å². The maximum atomic E-state index is 12.4. The second kappa shape index (κ2) is 8.27. The molecule has 5 nitrogen and oxygen atoms in total. The van der Waals surface area contributed by atoms with Crippen molar-refractivity contribution in [3.05, 3.63) is 57.8 Å². The molecule has 0 spiro atoms. The average Bonchev–Trinajstić information content (AvgIpc) is 3.17. The summed E-state index contributed by atoms with van der Waals surface area (Å²) in [6.07, 6.45) is 2.09. The van der Waals surface area contributed by atoms with Gasteiger partial charge in [0.1, 0.15) is 0 Å². The first kappa shape index (κ1) is 17.6. The van der Waals surface area contributed by atoms with Gasteiger partial charge in [-0.3, -0.25) is 9.59 Å². The first-order chi connectivity index (χ1) is 12.1. The molecule has 0 bridgehead atoms. The Morgan fingerprint density at radius 3 is 2.68 bits per heavy atom. The van der Waals surface area contributed by atoms with Gasteiger partial charge in [-0.2, -0.15) is 0 Å². The van der Waals surface area contributed by atoms with Gasteiger partial charge in [0.2, 0.25) is 0 Å². The molecule has 0 saturated carbocycles. The molecule has 2 aromatic rings. The van der Waals surface area contributed by atoms with Gasteiger partial charge >= 0.3 is 0 Å². The fraction of sp³-hybridized carbons (Fsp3) is 0.368. The summed E-state index contributed by atoms with van der Waals surface area (Å²) in [4.78, 5) is 25.0. The molecule has 1 aromatic carbocycles. The predicted octanol–water partition coefficient (Wildman–Crippen LogP) is 2.55. The van der Waals surface area contributed by atoms with Gasteiger partial charge in [-0.1, -0.05) is 18.2 Å². The number of thiophene rings is 1. The van der Waals surface area contributed by atoms with Crippen molar-refractivity contribution in [2.24, 2.45) is 0 Å². The number of rotatable bonds is 5. The number of amides is 2. The van der Waals surface area contributed by atoms with Crippen molar-refractivity contribution < 1.29 is 9.59 Å². The van der Waals surface area contributed by atoms with Crippen LogP contribution in [0, 0.1) is 0 Å². The van der Waals surface area contributed by atoms with E-state index in [1.54, 1.807) is 6.07 Å². The molecule has 1 fully saturated rings. The number of hydrogen-bond donors (Lipinski definition) is 3. The van der Waals surface area contributed by atoms with Gasteiger partial charge in [0.25, 0.3) is 11.8 Å². The first-order valence-corrected chi connectivity index (χ1v) is 9.46. The molecule has 1 saturated heterocycles. The molecular weight excluding hydrogens is 334 g/mol. The number of piperidine rings is 1. The molecule has 1 aliphatic heterocycles. The summed E-state index contributed by atoms with van der Waals surface area (Å²) in [6, 6.07) is 11.5. The van der Waals surface area contributed by atoms with Crippen molar-refractivity contribution in [1.82, 2.24) is 16.0 Å². The number of carbonyl (C=O) groups is 2. The van der Waals surface area contributed by atoms with Crippen LogP contribution in [-0.2, 0) is 6.54 Å². The smallest absolute Gasteiger partial charge is 0.261 e. The molecule has 6 heteroatoms. The van der Waals surface area contributed by atoms with Gasteiger partial charge in [-0.25, -0.2) is 0 Å². The normalized spacial score (nSPS) is 20.0. The van der Waals surface area contributed by atoms with E-state index in [0.717, 1.165) is 24.9 Å². The minimum Gasteiger partial charge on any atom is -0.348 e. The Balaban J connectivity index is 1.52. The van der Waals surface area contributed by atoms with E-state index in [-0.39, 0.29) is 17.9 Å². The third kappa shape index (κ3) is 4.67. The minimum atomic E-state index is -0.0735. The zero-order valence-corrected chi connectivity index (χ0v) is 15.1. The molecule has 3 rings (SSSR count). The molecule has 0 aliphatic carbocycles. The third-order valence-corrected chi connectivity index (χ3v) is 5.36. The number of hydrogen-bond acceptors (Lipinski definition) is 4. The van der Waals surface area contributed by atoms with Gasteiger partial charge in [0, 0.05) is 24.2 Å². The van der Waals surface area contributed by atoms with Crippen LogP contribution >= 0.6 is 11.3 Å². The maximum Gasteiger partial charge on any atom is 0.261 e. The molecule has 1 aliphatic rings. The van der Waals surface area contributed by atoms with E-state index in [9.17, 15) is 9.59 Å². The second-order valence-corrected chi connectivity index (χ2v) is 7.27. The monoisotopic (exact) mass is 357 g/mol. The minimum absolute atomic E-state index is 0.0466. The molecule has 2 amide bonds. The molecule has 132 valence electrons. The Hall–Kier alpha value is -2.18. The van der Waals surface area contributed by atoms with E-state index in [0.29, 0.717) is 23.0 Å². The topological polar surface area (TPSA) is 70.2 Å². The van der Waals surface area contributed by atoms with Crippen LogP contribution in [-0.4, -0.2) is 30.4 Å². The quantitative estimate of drug-likeness (QED) is 0.770. The van der Waals surface area contributed by atoms with Gasteiger partial charge in [0.05, 0.1) is 4.88 Å².